The molecule has 7 nitrogen and oxygen atoms in total. The van der Waals surface area contributed by atoms with Crippen molar-refractivity contribution in [3.8, 4) is 11.5 Å². The Morgan fingerprint density at radius 2 is 1.85 bits per heavy atom. The van der Waals surface area contributed by atoms with E-state index in [0.29, 0.717) is 37.7 Å². The maximum atomic E-state index is 14.2. The third-order valence-corrected chi connectivity index (χ3v) is 8.77. The maximum absolute atomic E-state index is 14.2. The molecule has 0 bridgehead atoms. The molecular formula is C31H28Br2N2O5S. The average Bonchev–Trinajstić information content (AvgIpc) is 3.23. The number of hydrogen-bond donors (Lipinski definition) is 0. The third kappa shape index (κ3) is 5.52. The van der Waals surface area contributed by atoms with Gasteiger partial charge in [-0.3, -0.25) is 9.36 Å². The van der Waals surface area contributed by atoms with Crippen LogP contribution in [-0.4, -0.2) is 30.4 Å². The van der Waals surface area contributed by atoms with Crippen LogP contribution in [-0.2, 0) is 9.53 Å². The van der Waals surface area contributed by atoms with Gasteiger partial charge in [0.2, 0.25) is 0 Å². The Labute approximate surface area is 258 Å². The molecule has 0 amide bonds. The van der Waals surface area contributed by atoms with Crippen LogP contribution in [0.5, 0.6) is 11.5 Å². The molecule has 212 valence electrons. The van der Waals surface area contributed by atoms with Gasteiger partial charge in [0.15, 0.2) is 4.80 Å². The molecular weight excluding hydrogens is 672 g/mol. The fourth-order valence-electron chi connectivity index (χ4n) is 4.96. The van der Waals surface area contributed by atoms with Crippen LogP contribution in [0.4, 0.5) is 0 Å². The summed E-state index contributed by atoms with van der Waals surface area (Å²) in [4.78, 5) is 32.8. The van der Waals surface area contributed by atoms with Gasteiger partial charge < -0.3 is 14.2 Å². The zero-order valence-electron chi connectivity index (χ0n) is 23.2. The monoisotopic (exact) mass is 698 g/mol. The van der Waals surface area contributed by atoms with E-state index in [9.17, 15) is 9.59 Å². The van der Waals surface area contributed by atoms with Crippen LogP contribution in [0.2, 0.25) is 0 Å². The summed E-state index contributed by atoms with van der Waals surface area (Å²) in [6.45, 7) is 7.64. The fourth-order valence-corrected chi connectivity index (χ4v) is 7.42. The Hall–Kier alpha value is -3.21. The van der Waals surface area contributed by atoms with E-state index < -0.39 is 12.0 Å². The standard InChI is InChI=1S/C31H28Br2N2O5S/c1-6-39-30(37)25-17(4)34-31-35(27(25)26-20-10-8-7-9-19(20)11-12-23(26)38-5)29(36)24(41-31)15-18-13-21(32)28(22(33)14-18)40-16(2)3/h7-16,27H,6H2,1-5H3. The summed E-state index contributed by atoms with van der Waals surface area (Å²) in [7, 11) is 1.58. The lowest BCUT2D eigenvalue weighted by atomic mass is 9.90. The Morgan fingerprint density at radius 3 is 2.51 bits per heavy atom. The summed E-state index contributed by atoms with van der Waals surface area (Å²) in [5, 5.41) is 1.83. The number of aromatic nitrogens is 1. The second-order valence-electron chi connectivity index (χ2n) is 9.69. The van der Waals surface area contributed by atoms with Gasteiger partial charge in [-0.2, -0.15) is 0 Å². The van der Waals surface area contributed by atoms with Crippen molar-refractivity contribution in [2.75, 3.05) is 13.7 Å². The number of thiazole rings is 1. The second kappa shape index (κ2) is 12.0. The van der Waals surface area contributed by atoms with Crippen molar-refractivity contribution < 1.29 is 19.0 Å². The number of fused-ring (bicyclic) bond motifs is 2. The van der Waals surface area contributed by atoms with Crippen LogP contribution in [0.1, 0.15) is 44.9 Å². The molecule has 0 saturated heterocycles. The van der Waals surface area contributed by atoms with Gasteiger partial charge in [-0.15, -0.1) is 0 Å². The SMILES string of the molecule is CCOC(=O)C1=C(C)N=c2sc(=Cc3cc(Br)c(OC(C)C)c(Br)c3)c(=O)n2C1c1c(OC)ccc2ccccc12. The average molecular weight is 700 g/mol. The minimum atomic E-state index is -0.797. The number of benzene rings is 3. The molecule has 0 spiro atoms. The molecule has 41 heavy (non-hydrogen) atoms. The molecule has 1 aromatic heterocycles. The minimum absolute atomic E-state index is 0.0000300. The normalized spacial score (nSPS) is 15.2. The predicted octanol–water partition coefficient (Wildman–Crippen LogP) is 6.27. The van der Waals surface area contributed by atoms with Gasteiger partial charge in [-0.25, -0.2) is 9.79 Å². The molecule has 3 aromatic carbocycles. The fraction of sp³-hybridized carbons (Fsp3) is 0.258. The van der Waals surface area contributed by atoms with Crippen molar-refractivity contribution in [1.82, 2.24) is 4.57 Å². The summed E-state index contributed by atoms with van der Waals surface area (Å²) in [5.41, 5.74) is 2.04. The third-order valence-electron chi connectivity index (χ3n) is 6.61. The number of carbonyl (C=O) groups is 1. The topological polar surface area (TPSA) is 79.1 Å². The first kappa shape index (κ1) is 29.3. The molecule has 0 N–H and O–H groups in total. The Bertz CT molecular complexity index is 1870. The molecule has 1 atom stereocenters. The van der Waals surface area contributed by atoms with Crippen LogP contribution in [0.3, 0.4) is 0 Å². The lowest BCUT2D eigenvalue weighted by Gasteiger charge is -2.27. The Morgan fingerprint density at radius 1 is 1.15 bits per heavy atom. The van der Waals surface area contributed by atoms with E-state index in [-0.39, 0.29) is 18.3 Å². The molecule has 1 unspecified atom stereocenters. The van der Waals surface area contributed by atoms with E-state index in [4.69, 9.17) is 19.2 Å². The van der Waals surface area contributed by atoms with Gasteiger partial charge in [0.1, 0.15) is 17.5 Å². The first-order valence-electron chi connectivity index (χ1n) is 13.1. The van der Waals surface area contributed by atoms with Crippen molar-refractivity contribution in [2.24, 2.45) is 4.99 Å². The van der Waals surface area contributed by atoms with Gasteiger partial charge in [0.05, 0.1) is 44.6 Å². The number of methoxy groups -OCH3 is 1. The first-order valence-corrected chi connectivity index (χ1v) is 15.5. The number of halogens is 2. The van der Waals surface area contributed by atoms with E-state index in [1.165, 1.54) is 11.3 Å². The number of esters is 1. The van der Waals surface area contributed by atoms with E-state index in [1.54, 1.807) is 25.5 Å². The highest BCUT2D eigenvalue weighted by Crippen LogP contribution is 2.40. The molecule has 5 rings (SSSR count). The maximum Gasteiger partial charge on any atom is 0.338 e. The smallest absolute Gasteiger partial charge is 0.338 e. The Balaban J connectivity index is 1.78. The molecule has 0 saturated carbocycles. The van der Waals surface area contributed by atoms with Gasteiger partial charge in [0.25, 0.3) is 5.56 Å². The summed E-state index contributed by atoms with van der Waals surface area (Å²) in [6.07, 6.45) is 1.82. The number of rotatable bonds is 7. The van der Waals surface area contributed by atoms with Crippen molar-refractivity contribution in [3.63, 3.8) is 0 Å². The van der Waals surface area contributed by atoms with Gasteiger partial charge in [-0.1, -0.05) is 41.7 Å². The Kier molecular flexibility index (Phi) is 8.54. The summed E-state index contributed by atoms with van der Waals surface area (Å²) in [6, 6.07) is 14.7. The number of hydrogen-bond acceptors (Lipinski definition) is 7. The lowest BCUT2D eigenvalue weighted by molar-refractivity contribution is -0.139. The zero-order valence-corrected chi connectivity index (χ0v) is 27.1. The summed E-state index contributed by atoms with van der Waals surface area (Å²) < 4.78 is 20.8. The molecule has 1 aliphatic heterocycles. The highest BCUT2D eigenvalue weighted by Gasteiger charge is 2.36. The van der Waals surface area contributed by atoms with Crippen LogP contribution in [0.15, 0.2) is 78.5 Å². The second-order valence-corrected chi connectivity index (χ2v) is 12.4. The van der Waals surface area contributed by atoms with Crippen molar-refractivity contribution in [1.29, 1.82) is 0 Å². The lowest BCUT2D eigenvalue weighted by Crippen LogP contribution is -2.40. The van der Waals surface area contributed by atoms with E-state index >= 15 is 0 Å². The molecule has 10 heteroatoms. The number of nitrogens with zero attached hydrogens (tertiary/aromatic N) is 2. The van der Waals surface area contributed by atoms with E-state index in [1.807, 2.05) is 68.5 Å². The van der Waals surface area contributed by atoms with Gasteiger partial charge >= 0.3 is 5.97 Å². The number of ether oxygens (including phenoxy) is 3. The van der Waals surface area contributed by atoms with Crippen LogP contribution in [0, 0.1) is 0 Å². The minimum Gasteiger partial charge on any atom is -0.496 e. The molecule has 1 aliphatic rings. The predicted molar refractivity (Wildman–Crippen MR) is 169 cm³/mol. The zero-order chi connectivity index (χ0) is 29.4. The first-order chi connectivity index (χ1) is 19.6. The largest absolute Gasteiger partial charge is 0.496 e. The summed E-state index contributed by atoms with van der Waals surface area (Å²) >= 11 is 8.46. The van der Waals surface area contributed by atoms with Crippen molar-refractivity contribution in [2.45, 2.75) is 39.8 Å². The van der Waals surface area contributed by atoms with Crippen molar-refractivity contribution in [3.05, 3.63) is 99.6 Å². The highest BCUT2D eigenvalue weighted by molar-refractivity contribution is 9.11. The van der Waals surface area contributed by atoms with E-state index in [2.05, 4.69) is 31.9 Å². The number of carbonyl (C=O) groups excluding carboxylic acids is 1. The van der Waals surface area contributed by atoms with Crippen LogP contribution in [0.25, 0.3) is 16.8 Å². The quantitative estimate of drug-likeness (QED) is 0.213. The van der Waals surface area contributed by atoms with E-state index in [0.717, 1.165) is 25.3 Å². The molecule has 2 heterocycles. The van der Waals surface area contributed by atoms with Gasteiger partial charge in [0, 0.05) is 5.56 Å². The van der Waals surface area contributed by atoms with Crippen LogP contribution < -0.4 is 24.4 Å². The van der Waals surface area contributed by atoms with Gasteiger partial charge in [-0.05, 0) is 100 Å². The number of allylic oxidation sites excluding steroid dienone is 1. The van der Waals surface area contributed by atoms with Crippen molar-refractivity contribution >= 4 is 66.0 Å². The van der Waals surface area contributed by atoms with Crippen LogP contribution >= 0.6 is 43.2 Å². The molecule has 0 fully saturated rings. The molecule has 4 aromatic rings. The molecule has 0 aliphatic carbocycles. The highest BCUT2D eigenvalue weighted by atomic mass is 79.9. The molecule has 0 radical (unpaired) electrons. The summed E-state index contributed by atoms with van der Waals surface area (Å²) in [5.74, 6) is 0.737.